The fraction of sp³-hybridized carbons (Fsp3) is 0.467. The van der Waals surface area contributed by atoms with Gasteiger partial charge in [-0.15, -0.1) is 0 Å². The highest BCUT2D eigenvalue weighted by Crippen LogP contribution is 2.26. The van der Waals surface area contributed by atoms with E-state index in [1.54, 1.807) is 0 Å². The maximum Gasteiger partial charge on any atom is 0.241 e. The fourth-order valence-electron chi connectivity index (χ4n) is 2.47. The summed E-state index contributed by atoms with van der Waals surface area (Å²) in [6.07, 6.45) is 3.66. The highest BCUT2D eigenvalue weighted by atomic mass is 16.5. The molecule has 5 heteroatoms. The van der Waals surface area contributed by atoms with Crippen LogP contribution in [0.5, 0.6) is 0 Å². The van der Waals surface area contributed by atoms with Crippen LogP contribution in [-0.2, 0) is 6.54 Å². The molecule has 1 saturated carbocycles. The molecule has 1 aromatic heterocycles. The van der Waals surface area contributed by atoms with E-state index in [2.05, 4.69) is 15.0 Å². The SMILES string of the molecule is OCCN(Cc1nc(-c2ccccc2)no1)C1CCC1. The highest BCUT2D eigenvalue weighted by molar-refractivity contribution is 5.53. The molecule has 0 bridgehead atoms. The maximum atomic E-state index is 9.16. The first kappa shape index (κ1) is 13.3. The molecule has 0 aliphatic heterocycles. The summed E-state index contributed by atoms with van der Waals surface area (Å²) < 4.78 is 5.33. The lowest BCUT2D eigenvalue weighted by molar-refractivity contribution is 0.0838. The van der Waals surface area contributed by atoms with Crippen molar-refractivity contribution in [2.45, 2.75) is 31.8 Å². The number of aliphatic hydroxyl groups is 1. The van der Waals surface area contributed by atoms with Crippen LogP contribution in [0.3, 0.4) is 0 Å². The number of rotatable bonds is 6. The minimum absolute atomic E-state index is 0.163. The van der Waals surface area contributed by atoms with Crippen molar-refractivity contribution in [1.82, 2.24) is 15.0 Å². The van der Waals surface area contributed by atoms with Gasteiger partial charge < -0.3 is 9.63 Å². The first-order valence-corrected chi connectivity index (χ1v) is 7.10. The van der Waals surface area contributed by atoms with Crippen molar-refractivity contribution in [3.05, 3.63) is 36.2 Å². The van der Waals surface area contributed by atoms with Crippen LogP contribution >= 0.6 is 0 Å². The molecule has 1 aliphatic carbocycles. The minimum atomic E-state index is 0.163. The molecular weight excluding hydrogens is 254 g/mol. The summed E-state index contributed by atoms with van der Waals surface area (Å²) in [4.78, 5) is 6.67. The van der Waals surface area contributed by atoms with Gasteiger partial charge in [0.15, 0.2) is 0 Å². The van der Waals surface area contributed by atoms with Gasteiger partial charge in [0.1, 0.15) is 0 Å². The predicted octanol–water partition coefficient (Wildman–Crippen LogP) is 2.08. The number of hydrogen-bond donors (Lipinski definition) is 1. The summed E-state index contributed by atoms with van der Waals surface area (Å²) in [7, 11) is 0. The molecule has 1 fully saturated rings. The van der Waals surface area contributed by atoms with Crippen LogP contribution in [-0.4, -0.2) is 39.3 Å². The Morgan fingerprint density at radius 2 is 2.05 bits per heavy atom. The molecule has 1 heterocycles. The zero-order valence-electron chi connectivity index (χ0n) is 11.4. The maximum absolute atomic E-state index is 9.16. The van der Waals surface area contributed by atoms with Crippen molar-refractivity contribution in [3.8, 4) is 11.4 Å². The monoisotopic (exact) mass is 273 g/mol. The summed E-state index contributed by atoms with van der Waals surface area (Å²) in [6.45, 7) is 1.44. The van der Waals surface area contributed by atoms with Gasteiger partial charge >= 0.3 is 0 Å². The molecule has 2 aromatic rings. The smallest absolute Gasteiger partial charge is 0.241 e. The van der Waals surface area contributed by atoms with Crippen LogP contribution in [0.1, 0.15) is 25.2 Å². The Kier molecular flexibility index (Phi) is 4.08. The van der Waals surface area contributed by atoms with Crippen LogP contribution in [0.15, 0.2) is 34.9 Å². The van der Waals surface area contributed by atoms with Gasteiger partial charge in [0.25, 0.3) is 0 Å². The molecular formula is C15H19N3O2. The van der Waals surface area contributed by atoms with Crippen molar-refractivity contribution >= 4 is 0 Å². The summed E-state index contributed by atoms with van der Waals surface area (Å²) in [5.41, 5.74) is 0.958. The molecule has 3 rings (SSSR count). The first-order valence-electron chi connectivity index (χ1n) is 7.10. The van der Waals surface area contributed by atoms with Crippen LogP contribution < -0.4 is 0 Å². The highest BCUT2D eigenvalue weighted by Gasteiger charge is 2.26. The first-order chi connectivity index (χ1) is 9.86. The van der Waals surface area contributed by atoms with Crippen LogP contribution in [0.4, 0.5) is 0 Å². The van der Waals surface area contributed by atoms with E-state index in [9.17, 15) is 0 Å². The molecule has 0 atom stereocenters. The van der Waals surface area contributed by atoms with E-state index in [-0.39, 0.29) is 6.61 Å². The molecule has 0 saturated heterocycles. The van der Waals surface area contributed by atoms with E-state index in [1.807, 2.05) is 30.3 Å². The number of hydrogen-bond acceptors (Lipinski definition) is 5. The Hall–Kier alpha value is -1.72. The van der Waals surface area contributed by atoms with Gasteiger partial charge in [-0.2, -0.15) is 4.98 Å². The van der Waals surface area contributed by atoms with E-state index >= 15 is 0 Å². The van der Waals surface area contributed by atoms with Gasteiger partial charge in [-0.05, 0) is 12.8 Å². The predicted molar refractivity (Wildman–Crippen MR) is 74.9 cm³/mol. The number of nitrogens with zero attached hydrogens (tertiary/aromatic N) is 3. The molecule has 1 aliphatic rings. The van der Waals surface area contributed by atoms with Crippen molar-refractivity contribution in [2.24, 2.45) is 0 Å². The standard InChI is InChI=1S/C15H19N3O2/c19-10-9-18(13-7-4-8-13)11-14-16-15(17-20-14)12-5-2-1-3-6-12/h1-3,5-6,13,19H,4,7-11H2. The Labute approximate surface area is 118 Å². The molecule has 20 heavy (non-hydrogen) atoms. The molecule has 0 radical (unpaired) electrons. The van der Waals surface area contributed by atoms with Crippen LogP contribution in [0, 0.1) is 0 Å². The van der Waals surface area contributed by atoms with Gasteiger partial charge in [0.05, 0.1) is 13.2 Å². The Morgan fingerprint density at radius 1 is 1.25 bits per heavy atom. The number of benzene rings is 1. The third-order valence-corrected chi connectivity index (χ3v) is 3.82. The lowest BCUT2D eigenvalue weighted by Crippen LogP contribution is -2.41. The third kappa shape index (κ3) is 2.89. The zero-order valence-corrected chi connectivity index (χ0v) is 11.4. The molecule has 5 nitrogen and oxygen atoms in total. The largest absolute Gasteiger partial charge is 0.395 e. The Morgan fingerprint density at radius 3 is 2.70 bits per heavy atom. The lowest BCUT2D eigenvalue weighted by atomic mass is 9.91. The molecule has 0 unspecified atom stereocenters. The average Bonchev–Trinajstić information content (AvgIpc) is 2.87. The molecule has 1 aromatic carbocycles. The second-order valence-electron chi connectivity index (χ2n) is 5.16. The van der Waals surface area contributed by atoms with E-state index in [0.717, 1.165) is 5.56 Å². The Bertz CT molecular complexity index is 537. The second kappa shape index (κ2) is 6.15. The van der Waals surface area contributed by atoms with Crippen LogP contribution in [0.2, 0.25) is 0 Å². The van der Waals surface area contributed by atoms with Gasteiger partial charge in [-0.25, -0.2) is 0 Å². The zero-order chi connectivity index (χ0) is 13.8. The fourth-order valence-corrected chi connectivity index (χ4v) is 2.47. The van der Waals surface area contributed by atoms with Gasteiger partial charge in [0.2, 0.25) is 11.7 Å². The second-order valence-corrected chi connectivity index (χ2v) is 5.16. The lowest BCUT2D eigenvalue weighted by Gasteiger charge is -2.36. The minimum Gasteiger partial charge on any atom is -0.395 e. The van der Waals surface area contributed by atoms with Gasteiger partial charge in [-0.1, -0.05) is 41.9 Å². The van der Waals surface area contributed by atoms with E-state index < -0.39 is 0 Å². The van der Waals surface area contributed by atoms with E-state index in [1.165, 1.54) is 19.3 Å². The topological polar surface area (TPSA) is 62.4 Å². The van der Waals surface area contributed by atoms with E-state index in [4.69, 9.17) is 9.63 Å². The number of aromatic nitrogens is 2. The van der Waals surface area contributed by atoms with Crippen molar-refractivity contribution in [2.75, 3.05) is 13.2 Å². The Balaban J connectivity index is 1.69. The summed E-state index contributed by atoms with van der Waals surface area (Å²) in [5, 5.41) is 13.2. The number of aliphatic hydroxyl groups excluding tert-OH is 1. The van der Waals surface area contributed by atoms with Gasteiger partial charge in [0, 0.05) is 18.2 Å². The normalized spacial score (nSPS) is 15.5. The molecule has 106 valence electrons. The van der Waals surface area contributed by atoms with Crippen molar-refractivity contribution < 1.29 is 9.63 Å². The molecule has 1 N–H and O–H groups in total. The van der Waals surface area contributed by atoms with Crippen molar-refractivity contribution in [1.29, 1.82) is 0 Å². The van der Waals surface area contributed by atoms with Crippen LogP contribution in [0.25, 0.3) is 11.4 Å². The molecule has 0 spiro atoms. The third-order valence-electron chi connectivity index (χ3n) is 3.82. The van der Waals surface area contributed by atoms with E-state index in [0.29, 0.717) is 30.8 Å². The summed E-state index contributed by atoms with van der Waals surface area (Å²) in [6, 6.07) is 10.4. The molecule has 0 amide bonds. The summed E-state index contributed by atoms with van der Waals surface area (Å²) in [5.74, 6) is 1.24. The van der Waals surface area contributed by atoms with Crippen molar-refractivity contribution in [3.63, 3.8) is 0 Å². The quantitative estimate of drug-likeness (QED) is 0.873. The summed E-state index contributed by atoms with van der Waals surface area (Å²) >= 11 is 0. The average molecular weight is 273 g/mol. The van der Waals surface area contributed by atoms with Gasteiger partial charge in [-0.3, -0.25) is 4.90 Å².